The van der Waals surface area contributed by atoms with Crippen LogP contribution >= 0.6 is 0 Å². The molecule has 1 aliphatic rings. The van der Waals surface area contributed by atoms with Crippen LogP contribution in [0.2, 0.25) is 0 Å². The lowest BCUT2D eigenvalue weighted by Crippen LogP contribution is -2.22. The SMILES string of the molecule is Nc1ncc(C2COCCO2)cn1. The van der Waals surface area contributed by atoms with Crippen molar-refractivity contribution in [3.05, 3.63) is 18.0 Å². The molecule has 1 aliphatic heterocycles. The van der Waals surface area contributed by atoms with Crippen LogP contribution in [0.25, 0.3) is 0 Å². The van der Waals surface area contributed by atoms with Crippen molar-refractivity contribution >= 4 is 5.95 Å². The Bertz CT molecular complexity index is 269. The molecule has 0 bridgehead atoms. The minimum Gasteiger partial charge on any atom is -0.376 e. The van der Waals surface area contributed by atoms with E-state index < -0.39 is 0 Å². The van der Waals surface area contributed by atoms with Crippen molar-refractivity contribution in [1.29, 1.82) is 0 Å². The van der Waals surface area contributed by atoms with Gasteiger partial charge in [-0.25, -0.2) is 9.97 Å². The molecule has 0 aromatic carbocycles. The number of nitrogen functional groups attached to an aromatic ring is 1. The number of hydrogen-bond donors (Lipinski definition) is 1. The summed E-state index contributed by atoms with van der Waals surface area (Å²) < 4.78 is 10.7. The van der Waals surface area contributed by atoms with Gasteiger partial charge < -0.3 is 15.2 Å². The Balaban J connectivity index is 2.10. The molecule has 1 unspecified atom stereocenters. The van der Waals surface area contributed by atoms with Gasteiger partial charge in [0.2, 0.25) is 5.95 Å². The maximum atomic E-state index is 5.46. The van der Waals surface area contributed by atoms with Crippen LogP contribution in [0, 0.1) is 0 Å². The van der Waals surface area contributed by atoms with E-state index >= 15 is 0 Å². The van der Waals surface area contributed by atoms with E-state index in [0.717, 1.165) is 5.56 Å². The van der Waals surface area contributed by atoms with Gasteiger partial charge >= 0.3 is 0 Å². The first-order valence-corrected chi connectivity index (χ1v) is 4.13. The molecule has 1 atom stereocenters. The zero-order valence-corrected chi connectivity index (χ0v) is 7.14. The Labute approximate surface area is 75.9 Å². The largest absolute Gasteiger partial charge is 0.376 e. The normalized spacial score (nSPS) is 22.9. The Morgan fingerprint density at radius 3 is 2.69 bits per heavy atom. The third-order valence-electron chi connectivity index (χ3n) is 1.88. The second-order valence-electron chi connectivity index (χ2n) is 2.81. The predicted octanol–water partition coefficient (Wildman–Crippen LogP) is 0.147. The molecule has 0 spiro atoms. The van der Waals surface area contributed by atoms with Gasteiger partial charge in [-0.1, -0.05) is 0 Å². The highest BCUT2D eigenvalue weighted by Crippen LogP contribution is 2.18. The number of nitrogens with two attached hydrogens (primary N) is 1. The molecule has 5 nitrogen and oxygen atoms in total. The van der Waals surface area contributed by atoms with Gasteiger partial charge in [0, 0.05) is 18.0 Å². The average Bonchev–Trinajstić information content (AvgIpc) is 2.20. The van der Waals surface area contributed by atoms with E-state index in [9.17, 15) is 0 Å². The lowest BCUT2D eigenvalue weighted by Gasteiger charge is -2.22. The zero-order valence-electron chi connectivity index (χ0n) is 7.14. The van der Waals surface area contributed by atoms with Gasteiger partial charge in [-0.05, 0) is 0 Å². The van der Waals surface area contributed by atoms with Crippen LogP contribution in [-0.2, 0) is 9.47 Å². The summed E-state index contributed by atoms with van der Waals surface area (Å²) >= 11 is 0. The van der Waals surface area contributed by atoms with E-state index in [2.05, 4.69) is 9.97 Å². The molecule has 5 heteroatoms. The number of aromatic nitrogens is 2. The summed E-state index contributed by atoms with van der Waals surface area (Å²) in [5.41, 5.74) is 6.27. The molecule has 2 heterocycles. The summed E-state index contributed by atoms with van der Waals surface area (Å²) in [6.07, 6.45) is 3.29. The molecule has 13 heavy (non-hydrogen) atoms. The summed E-state index contributed by atoms with van der Waals surface area (Å²) in [6.45, 7) is 1.84. The van der Waals surface area contributed by atoms with Crippen molar-refractivity contribution in [3.8, 4) is 0 Å². The standard InChI is InChI=1S/C8H11N3O2/c9-8-10-3-6(4-11-8)7-5-12-1-2-13-7/h3-4,7H,1-2,5H2,(H2,9,10,11). The minimum atomic E-state index is -0.0469. The number of anilines is 1. The van der Waals surface area contributed by atoms with Gasteiger partial charge in [-0.15, -0.1) is 0 Å². The number of hydrogen-bond acceptors (Lipinski definition) is 5. The van der Waals surface area contributed by atoms with Gasteiger partial charge in [0.25, 0.3) is 0 Å². The molecule has 70 valence electrons. The highest BCUT2D eigenvalue weighted by molar-refractivity contribution is 5.18. The van der Waals surface area contributed by atoms with Crippen molar-refractivity contribution in [3.63, 3.8) is 0 Å². The van der Waals surface area contributed by atoms with Gasteiger partial charge in [0.1, 0.15) is 6.10 Å². The van der Waals surface area contributed by atoms with E-state index in [1.807, 2.05) is 0 Å². The number of ether oxygens (including phenoxy) is 2. The monoisotopic (exact) mass is 181 g/mol. The fourth-order valence-corrected chi connectivity index (χ4v) is 1.19. The zero-order chi connectivity index (χ0) is 9.10. The van der Waals surface area contributed by atoms with Crippen molar-refractivity contribution in [2.45, 2.75) is 6.10 Å². The van der Waals surface area contributed by atoms with Gasteiger partial charge in [-0.3, -0.25) is 0 Å². The fourth-order valence-electron chi connectivity index (χ4n) is 1.19. The van der Waals surface area contributed by atoms with E-state index in [1.165, 1.54) is 0 Å². The van der Waals surface area contributed by atoms with Crippen LogP contribution < -0.4 is 5.73 Å². The molecule has 1 aromatic heterocycles. The first-order chi connectivity index (χ1) is 6.36. The molecule has 0 aliphatic carbocycles. The lowest BCUT2D eigenvalue weighted by atomic mass is 10.2. The Morgan fingerprint density at radius 2 is 2.08 bits per heavy atom. The van der Waals surface area contributed by atoms with Crippen LogP contribution in [0.4, 0.5) is 5.95 Å². The Kier molecular flexibility index (Phi) is 2.37. The fraction of sp³-hybridized carbons (Fsp3) is 0.500. The summed E-state index contributed by atoms with van der Waals surface area (Å²) in [5, 5.41) is 0. The Hall–Kier alpha value is -1.20. The van der Waals surface area contributed by atoms with Gasteiger partial charge in [0.05, 0.1) is 19.8 Å². The van der Waals surface area contributed by atoms with Crippen LogP contribution in [0.1, 0.15) is 11.7 Å². The molecule has 1 fully saturated rings. The third-order valence-corrected chi connectivity index (χ3v) is 1.88. The molecule has 2 N–H and O–H groups in total. The van der Waals surface area contributed by atoms with Crippen molar-refractivity contribution < 1.29 is 9.47 Å². The number of nitrogens with zero attached hydrogens (tertiary/aromatic N) is 2. The van der Waals surface area contributed by atoms with E-state index in [4.69, 9.17) is 15.2 Å². The molecular formula is C8H11N3O2. The second kappa shape index (κ2) is 3.68. The highest BCUT2D eigenvalue weighted by atomic mass is 16.6. The van der Waals surface area contributed by atoms with Crippen LogP contribution in [0.5, 0.6) is 0 Å². The summed E-state index contributed by atoms with van der Waals surface area (Å²) in [7, 11) is 0. The highest BCUT2D eigenvalue weighted by Gasteiger charge is 2.16. The van der Waals surface area contributed by atoms with Gasteiger partial charge in [0.15, 0.2) is 0 Å². The van der Waals surface area contributed by atoms with Crippen LogP contribution in [0.15, 0.2) is 12.4 Å². The first-order valence-electron chi connectivity index (χ1n) is 4.13. The maximum Gasteiger partial charge on any atom is 0.219 e. The molecule has 2 rings (SSSR count). The maximum absolute atomic E-state index is 5.46. The van der Waals surface area contributed by atoms with Crippen molar-refractivity contribution in [2.24, 2.45) is 0 Å². The van der Waals surface area contributed by atoms with Gasteiger partial charge in [-0.2, -0.15) is 0 Å². The summed E-state index contributed by atoms with van der Waals surface area (Å²) in [5.74, 6) is 0.278. The summed E-state index contributed by atoms with van der Waals surface area (Å²) in [4.78, 5) is 7.77. The van der Waals surface area contributed by atoms with Crippen molar-refractivity contribution in [1.82, 2.24) is 9.97 Å². The van der Waals surface area contributed by atoms with E-state index in [1.54, 1.807) is 12.4 Å². The molecular weight excluding hydrogens is 170 g/mol. The van der Waals surface area contributed by atoms with E-state index in [-0.39, 0.29) is 12.1 Å². The molecule has 0 saturated carbocycles. The lowest BCUT2D eigenvalue weighted by molar-refractivity contribution is -0.0903. The predicted molar refractivity (Wildman–Crippen MR) is 46.0 cm³/mol. The topological polar surface area (TPSA) is 70.3 Å². The number of rotatable bonds is 1. The van der Waals surface area contributed by atoms with E-state index in [0.29, 0.717) is 19.8 Å². The quantitative estimate of drug-likeness (QED) is 0.667. The van der Waals surface area contributed by atoms with Crippen LogP contribution in [-0.4, -0.2) is 29.8 Å². The molecule has 1 aromatic rings. The average molecular weight is 181 g/mol. The van der Waals surface area contributed by atoms with Crippen molar-refractivity contribution in [2.75, 3.05) is 25.6 Å². The summed E-state index contributed by atoms with van der Waals surface area (Å²) in [6, 6.07) is 0. The smallest absolute Gasteiger partial charge is 0.219 e. The first kappa shape index (κ1) is 8.40. The third kappa shape index (κ3) is 1.93. The molecule has 0 radical (unpaired) electrons. The minimum absolute atomic E-state index is 0.0469. The van der Waals surface area contributed by atoms with Crippen LogP contribution in [0.3, 0.4) is 0 Å². The Morgan fingerprint density at radius 1 is 1.31 bits per heavy atom. The second-order valence-corrected chi connectivity index (χ2v) is 2.81. The molecule has 0 amide bonds. The molecule has 1 saturated heterocycles.